The molecule has 3 unspecified atom stereocenters. The third-order valence-corrected chi connectivity index (χ3v) is 6.08. The second kappa shape index (κ2) is 15.2. The first kappa shape index (κ1) is 29.3. The SMILES string of the molecule is CCCCC(NC(=O)C1CCCN1C(=O)CNC(=O)CNC=O)C(=O)NC(Cc1ccccc1)C(N)=O. The summed E-state index contributed by atoms with van der Waals surface area (Å²) >= 11 is 0. The molecular formula is C25H36N6O6. The zero-order valence-electron chi connectivity index (χ0n) is 21.0. The maximum atomic E-state index is 13.1. The number of hydrogen-bond acceptors (Lipinski definition) is 6. The molecule has 3 atom stereocenters. The normalized spacial score (nSPS) is 16.2. The molecule has 1 saturated heterocycles. The molecule has 0 radical (unpaired) electrons. The number of amides is 6. The summed E-state index contributed by atoms with van der Waals surface area (Å²) in [6.07, 6.45) is 3.40. The Labute approximate surface area is 216 Å². The number of rotatable bonds is 15. The molecule has 0 bridgehead atoms. The van der Waals surface area contributed by atoms with Gasteiger partial charge in [-0.15, -0.1) is 0 Å². The summed E-state index contributed by atoms with van der Waals surface area (Å²) in [5.41, 5.74) is 6.35. The zero-order valence-corrected chi connectivity index (χ0v) is 21.0. The molecule has 0 aromatic heterocycles. The van der Waals surface area contributed by atoms with Crippen molar-refractivity contribution in [3.63, 3.8) is 0 Å². The Hall–Kier alpha value is -3.96. The van der Waals surface area contributed by atoms with Gasteiger partial charge in [0, 0.05) is 13.0 Å². The summed E-state index contributed by atoms with van der Waals surface area (Å²) in [4.78, 5) is 74.2. The van der Waals surface area contributed by atoms with Crippen molar-refractivity contribution in [2.24, 2.45) is 5.73 Å². The Bertz CT molecular complexity index is 956. The van der Waals surface area contributed by atoms with Gasteiger partial charge in [0.25, 0.3) is 0 Å². The summed E-state index contributed by atoms with van der Waals surface area (Å²) in [5, 5.41) is 10.0. The lowest BCUT2D eigenvalue weighted by molar-refractivity contribution is -0.140. The van der Waals surface area contributed by atoms with Crippen LogP contribution in [0.3, 0.4) is 0 Å². The van der Waals surface area contributed by atoms with Crippen molar-refractivity contribution in [3.05, 3.63) is 35.9 Å². The van der Waals surface area contributed by atoms with Crippen LogP contribution < -0.4 is 27.0 Å². The molecule has 6 N–H and O–H groups in total. The van der Waals surface area contributed by atoms with E-state index < -0.39 is 47.7 Å². The lowest BCUT2D eigenvalue weighted by Crippen LogP contribution is -2.56. The number of nitrogens with one attached hydrogen (secondary N) is 4. The quantitative estimate of drug-likeness (QED) is 0.181. The van der Waals surface area contributed by atoms with Crippen LogP contribution in [0.25, 0.3) is 0 Å². The lowest BCUT2D eigenvalue weighted by Gasteiger charge is -2.27. The van der Waals surface area contributed by atoms with Gasteiger partial charge >= 0.3 is 0 Å². The molecule has 1 aliphatic heterocycles. The number of carbonyl (C=O) groups is 6. The standard InChI is InChI=1S/C25H36N6O6/c1-2-3-10-18(24(36)30-19(23(26)35)13-17-8-5-4-6-9-17)29-25(37)20-11-7-12-31(20)22(34)15-28-21(33)14-27-16-32/h4-6,8-9,16,18-20H,2-3,7,10-15H2,1H3,(H2,26,35)(H,27,32)(H,28,33)(H,29,37)(H,30,36). The fourth-order valence-electron chi connectivity index (χ4n) is 4.10. The molecule has 12 heteroatoms. The van der Waals surface area contributed by atoms with Crippen molar-refractivity contribution in [1.82, 2.24) is 26.2 Å². The maximum Gasteiger partial charge on any atom is 0.243 e. The average molecular weight is 517 g/mol. The number of nitrogens with zero attached hydrogens (tertiary/aromatic N) is 1. The van der Waals surface area contributed by atoms with Crippen LogP contribution in [0.1, 0.15) is 44.6 Å². The fraction of sp³-hybridized carbons (Fsp3) is 0.520. The second-order valence-electron chi connectivity index (χ2n) is 8.88. The molecule has 0 aliphatic carbocycles. The third-order valence-electron chi connectivity index (χ3n) is 6.08. The fourth-order valence-corrected chi connectivity index (χ4v) is 4.10. The van der Waals surface area contributed by atoms with E-state index in [0.717, 1.165) is 12.0 Å². The largest absolute Gasteiger partial charge is 0.368 e. The molecule has 2 rings (SSSR count). The molecule has 0 saturated carbocycles. The Morgan fingerprint density at radius 2 is 1.81 bits per heavy atom. The van der Waals surface area contributed by atoms with Gasteiger partial charge < -0.3 is 31.9 Å². The van der Waals surface area contributed by atoms with Crippen LogP contribution in [0.2, 0.25) is 0 Å². The number of nitrogens with two attached hydrogens (primary N) is 1. The molecule has 37 heavy (non-hydrogen) atoms. The number of likely N-dealkylation sites (tertiary alicyclic amines) is 1. The molecular weight excluding hydrogens is 480 g/mol. The molecule has 1 aromatic carbocycles. The Morgan fingerprint density at radius 3 is 2.46 bits per heavy atom. The number of hydrogen-bond donors (Lipinski definition) is 5. The number of unbranched alkanes of at least 4 members (excludes halogenated alkanes) is 1. The van der Waals surface area contributed by atoms with Crippen molar-refractivity contribution in [3.8, 4) is 0 Å². The smallest absolute Gasteiger partial charge is 0.243 e. The highest BCUT2D eigenvalue weighted by Crippen LogP contribution is 2.18. The van der Waals surface area contributed by atoms with Gasteiger partial charge in [0.1, 0.15) is 18.1 Å². The molecule has 1 heterocycles. The second-order valence-corrected chi connectivity index (χ2v) is 8.88. The minimum Gasteiger partial charge on any atom is -0.368 e. The van der Waals surface area contributed by atoms with Crippen LogP contribution in [0.5, 0.6) is 0 Å². The minimum atomic E-state index is -0.946. The van der Waals surface area contributed by atoms with E-state index in [1.165, 1.54) is 4.90 Å². The number of benzene rings is 1. The van der Waals surface area contributed by atoms with Gasteiger partial charge in [-0.05, 0) is 24.8 Å². The van der Waals surface area contributed by atoms with Crippen LogP contribution in [-0.4, -0.2) is 78.6 Å². The van der Waals surface area contributed by atoms with E-state index in [4.69, 9.17) is 5.73 Å². The highest BCUT2D eigenvalue weighted by atomic mass is 16.2. The topological polar surface area (TPSA) is 180 Å². The molecule has 1 aliphatic rings. The summed E-state index contributed by atoms with van der Waals surface area (Å²) in [6.45, 7) is 1.72. The monoisotopic (exact) mass is 516 g/mol. The molecule has 1 aromatic rings. The summed E-state index contributed by atoms with van der Waals surface area (Å²) in [6, 6.07) is 6.49. The molecule has 1 fully saturated rings. The number of carbonyl (C=O) groups excluding carboxylic acids is 6. The maximum absolute atomic E-state index is 13.1. The molecule has 6 amide bonds. The van der Waals surface area contributed by atoms with Crippen molar-refractivity contribution in [2.45, 2.75) is 63.6 Å². The first-order chi connectivity index (χ1) is 17.8. The highest BCUT2D eigenvalue weighted by molar-refractivity contribution is 5.95. The zero-order chi connectivity index (χ0) is 27.2. The van der Waals surface area contributed by atoms with Gasteiger partial charge in [-0.1, -0.05) is 50.1 Å². The third kappa shape index (κ3) is 9.54. The molecule has 0 spiro atoms. The van der Waals surface area contributed by atoms with E-state index >= 15 is 0 Å². The van der Waals surface area contributed by atoms with Gasteiger partial charge in [-0.2, -0.15) is 0 Å². The summed E-state index contributed by atoms with van der Waals surface area (Å²) < 4.78 is 0. The summed E-state index contributed by atoms with van der Waals surface area (Å²) in [5.74, 6) is -2.66. The van der Waals surface area contributed by atoms with Crippen LogP contribution in [0.15, 0.2) is 30.3 Å². The van der Waals surface area contributed by atoms with Crippen LogP contribution >= 0.6 is 0 Å². The Balaban J connectivity index is 2.02. The van der Waals surface area contributed by atoms with Crippen LogP contribution in [0.4, 0.5) is 0 Å². The van der Waals surface area contributed by atoms with E-state index in [2.05, 4.69) is 21.3 Å². The van der Waals surface area contributed by atoms with Crippen molar-refractivity contribution in [1.29, 1.82) is 0 Å². The van der Waals surface area contributed by atoms with E-state index in [9.17, 15) is 28.8 Å². The number of primary amides is 1. The first-order valence-electron chi connectivity index (χ1n) is 12.4. The van der Waals surface area contributed by atoms with Crippen LogP contribution in [0, 0.1) is 0 Å². The summed E-state index contributed by atoms with van der Waals surface area (Å²) in [7, 11) is 0. The predicted octanol–water partition coefficient (Wildman–Crippen LogP) is -1.27. The molecule has 12 nitrogen and oxygen atoms in total. The first-order valence-corrected chi connectivity index (χ1v) is 12.4. The van der Waals surface area contributed by atoms with Gasteiger partial charge in [0.2, 0.25) is 35.9 Å². The highest BCUT2D eigenvalue weighted by Gasteiger charge is 2.36. The van der Waals surface area contributed by atoms with Crippen molar-refractivity contribution < 1.29 is 28.8 Å². The van der Waals surface area contributed by atoms with Crippen LogP contribution in [-0.2, 0) is 35.2 Å². The van der Waals surface area contributed by atoms with E-state index in [1.54, 1.807) is 0 Å². The van der Waals surface area contributed by atoms with Gasteiger partial charge in [0.15, 0.2) is 0 Å². The Morgan fingerprint density at radius 1 is 1.08 bits per heavy atom. The van der Waals surface area contributed by atoms with Crippen molar-refractivity contribution in [2.75, 3.05) is 19.6 Å². The minimum absolute atomic E-state index is 0.218. The van der Waals surface area contributed by atoms with E-state index in [-0.39, 0.29) is 19.5 Å². The van der Waals surface area contributed by atoms with Gasteiger partial charge in [-0.3, -0.25) is 28.8 Å². The molecule has 202 valence electrons. The van der Waals surface area contributed by atoms with Crippen molar-refractivity contribution >= 4 is 35.9 Å². The average Bonchev–Trinajstić information content (AvgIpc) is 3.38. The van der Waals surface area contributed by atoms with Gasteiger partial charge in [0.05, 0.1) is 13.1 Å². The van der Waals surface area contributed by atoms with E-state index in [1.807, 2.05) is 37.3 Å². The predicted molar refractivity (Wildman–Crippen MR) is 135 cm³/mol. The van der Waals surface area contributed by atoms with E-state index in [0.29, 0.717) is 38.6 Å². The Kier molecular flexibility index (Phi) is 12.0. The lowest BCUT2D eigenvalue weighted by atomic mass is 10.0. The van der Waals surface area contributed by atoms with Gasteiger partial charge in [-0.25, -0.2) is 0 Å².